The standard InChI is InChI=1S/C22H24BrNO3.ClH/c1-15-12-17(23)5-7-19(15)20-9-6-18(27-20)14-24-11-10-16-4-8-21(25-2)22(13-16)26-3;/h4-9,12-13,24H,10-11,14H2,1-3H3;1H. The van der Waals surface area contributed by atoms with Crippen LogP contribution in [-0.2, 0) is 13.0 Å². The monoisotopic (exact) mass is 465 g/mol. The summed E-state index contributed by atoms with van der Waals surface area (Å²) in [4.78, 5) is 0. The molecule has 0 saturated heterocycles. The number of halogens is 2. The number of furan rings is 1. The Balaban J connectivity index is 0.00000280. The van der Waals surface area contributed by atoms with E-state index in [2.05, 4.69) is 46.4 Å². The molecule has 3 rings (SSSR count). The molecular formula is C22H25BrClNO3. The van der Waals surface area contributed by atoms with Gasteiger partial charge in [0.15, 0.2) is 11.5 Å². The molecule has 3 aromatic rings. The smallest absolute Gasteiger partial charge is 0.160 e. The molecule has 0 aliphatic rings. The van der Waals surface area contributed by atoms with Gasteiger partial charge in [0.1, 0.15) is 11.5 Å². The van der Waals surface area contributed by atoms with Gasteiger partial charge in [-0.05, 0) is 73.5 Å². The molecule has 1 heterocycles. The third-order valence-corrected chi connectivity index (χ3v) is 4.95. The summed E-state index contributed by atoms with van der Waals surface area (Å²) in [7, 11) is 3.30. The van der Waals surface area contributed by atoms with Crippen LogP contribution in [0, 0.1) is 6.92 Å². The molecule has 4 nitrogen and oxygen atoms in total. The number of rotatable bonds is 8. The summed E-state index contributed by atoms with van der Waals surface area (Å²) in [6.07, 6.45) is 0.903. The molecule has 1 N–H and O–H groups in total. The van der Waals surface area contributed by atoms with Crippen molar-refractivity contribution in [1.82, 2.24) is 5.32 Å². The van der Waals surface area contributed by atoms with Crippen LogP contribution in [-0.4, -0.2) is 20.8 Å². The van der Waals surface area contributed by atoms with Crippen LogP contribution in [0.15, 0.2) is 57.4 Å². The Hall–Kier alpha value is -1.95. The van der Waals surface area contributed by atoms with Crippen molar-refractivity contribution in [1.29, 1.82) is 0 Å². The van der Waals surface area contributed by atoms with E-state index in [0.29, 0.717) is 6.54 Å². The number of methoxy groups -OCH3 is 2. The van der Waals surface area contributed by atoms with Crippen LogP contribution in [0.1, 0.15) is 16.9 Å². The third kappa shape index (κ3) is 5.53. The van der Waals surface area contributed by atoms with Gasteiger partial charge in [0.2, 0.25) is 0 Å². The molecule has 28 heavy (non-hydrogen) atoms. The summed E-state index contributed by atoms with van der Waals surface area (Å²) in [5, 5.41) is 3.43. The van der Waals surface area contributed by atoms with Gasteiger partial charge in [0.25, 0.3) is 0 Å². The average molecular weight is 467 g/mol. The summed E-state index contributed by atoms with van der Waals surface area (Å²) < 4.78 is 17.7. The molecule has 0 aliphatic heterocycles. The van der Waals surface area contributed by atoms with Crippen molar-refractivity contribution < 1.29 is 13.9 Å². The maximum atomic E-state index is 6.00. The van der Waals surface area contributed by atoms with Crippen molar-refractivity contribution in [2.24, 2.45) is 0 Å². The maximum Gasteiger partial charge on any atom is 0.160 e. The molecule has 1 aromatic heterocycles. The van der Waals surface area contributed by atoms with E-state index in [9.17, 15) is 0 Å². The molecule has 0 saturated carbocycles. The number of ether oxygens (including phenoxy) is 2. The van der Waals surface area contributed by atoms with Crippen molar-refractivity contribution in [2.45, 2.75) is 19.9 Å². The average Bonchev–Trinajstić information content (AvgIpc) is 3.13. The quantitative estimate of drug-likeness (QED) is 0.427. The second-order valence-corrected chi connectivity index (χ2v) is 7.26. The molecule has 150 valence electrons. The molecule has 0 atom stereocenters. The first-order valence-corrected chi connectivity index (χ1v) is 9.67. The largest absolute Gasteiger partial charge is 0.493 e. The fourth-order valence-electron chi connectivity index (χ4n) is 3.00. The Labute approximate surface area is 180 Å². The molecule has 2 aromatic carbocycles. The molecule has 0 spiro atoms. The van der Waals surface area contributed by atoms with E-state index >= 15 is 0 Å². The van der Waals surface area contributed by atoms with Crippen molar-refractivity contribution >= 4 is 28.3 Å². The first-order valence-electron chi connectivity index (χ1n) is 8.87. The van der Waals surface area contributed by atoms with E-state index < -0.39 is 0 Å². The van der Waals surface area contributed by atoms with Gasteiger partial charge in [-0.1, -0.05) is 22.0 Å². The van der Waals surface area contributed by atoms with Gasteiger partial charge in [-0.3, -0.25) is 0 Å². The highest BCUT2D eigenvalue weighted by atomic mass is 79.9. The summed E-state index contributed by atoms with van der Waals surface area (Å²) in [5.74, 6) is 3.34. The van der Waals surface area contributed by atoms with Crippen LogP contribution in [0.2, 0.25) is 0 Å². The highest BCUT2D eigenvalue weighted by Gasteiger charge is 2.08. The fourth-order valence-corrected chi connectivity index (χ4v) is 3.48. The predicted molar refractivity (Wildman–Crippen MR) is 119 cm³/mol. The molecule has 0 unspecified atom stereocenters. The number of aryl methyl sites for hydroxylation is 1. The van der Waals surface area contributed by atoms with E-state index in [4.69, 9.17) is 13.9 Å². The Morgan fingerprint density at radius 1 is 0.964 bits per heavy atom. The van der Waals surface area contributed by atoms with E-state index in [-0.39, 0.29) is 12.4 Å². The molecule has 0 amide bonds. The van der Waals surface area contributed by atoms with Gasteiger partial charge in [0, 0.05) is 10.0 Å². The van der Waals surface area contributed by atoms with Crippen LogP contribution < -0.4 is 14.8 Å². The third-order valence-electron chi connectivity index (χ3n) is 4.45. The van der Waals surface area contributed by atoms with Gasteiger partial charge < -0.3 is 19.2 Å². The number of hydrogen-bond acceptors (Lipinski definition) is 4. The van der Waals surface area contributed by atoms with Gasteiger partial charge >= 0.3 is 0 Å². The summed E-state index contributed by atoms with van der Waals surface area (Å²) in [6.45, 7) is 3.63. The van der Waals surface area contributed by atoms with E-state index in [0.717, 1.165) is 46.0 Å². The molecular weight excluding hydrogens is 442 g/mol. The Bertz CT molecular complexity index is 911. The summed E-state index contributed by atoms with van der Waals surface area (Å²) in [6, 6.07) is 16.3. The lowest BCUT2D eigenvalue weighted by molar-refractivity contribution is 0.354. The van der Waals surface area contributed by atoms with E-state index in [1.54, 1.807) is 14.2 Å². The Kier molecular flexibility index (Phi) is 8.42. The van der Waals surface area contributed by atoms with E-state index in [1.165, 1.54) is 11.1 Å². The minimum atomic E-state index is 0. The lowest BCUT2D eigenvalue weighted by Crippen LogP contribution is -2.16. The topological polar surface area (TPSA) is 43.6 Å². The molecule has 0 radical (unpaired) electrons. The minimum absolute atomic E-state index is 0. The first-order chi connectivity index (χ1) is 13.1. The van der Waals surface area contributed by atoms with Gasteiger partial charge in [-0.15, -0.1) is 12.4 Å². The van der Waals surface area contributed by atoms with Crippen LogP contribution in [0.4, 0.5) is 0 Å². The minimum Gasteiger partial charge on any atom is -0.493 e. The highest BCUT2D eigenvalue weighted by Crippen LogP contribution is 2.28. The summed E-state index contributed by atoms with van der Waals surface area (Å²) in [5.41, 5.74) is 3.51. The first kappa shape index (κ1) is 22.3. The zero-order valence-corrected chi connectivity index (χ0v) is 18.7. The number of nitrogens with one attached hydrogen (secondary N) is 1. The van der Waals surface area contributed by atoms with Gasteiger partial charge in [0.05, 0.1) is 20.8 Å². The van der Waals surface area contributed by atoms with Gasteiger partial charge in [-0.25, -0.2) is 0 Å². The maximum absolute atomic E-state index is 6.00. The zero-order valence-electron chi connectivity index (χ0n) is 16.3. The number of hydrogen-bond donors (Lipinski definition) is 1. The highest BCUT2D eigenvalue weighted by molar-refractivity contribution is 9.10. The predicted octanol–water partition coefficient (Wildman–Crippen LogP) is 5.79. The fraction of sp³-hybridized carbons (Fsp3) is 0.273. The lowest BCUT2D eigenvalue weighted by atomic mass is 10.1. The van der Waals surface area contributed by atoms with Crippen LogP contribution in [0.5, 0.6) is 11.5 Å². The SMILES string of the molecule is COc1ccc(CCNCc2ccc(-c3ccc(Br)cc3C)o2)cc1OC.Cl. The van der Waals surface area contributed by atoms with Crippen LogP contribution in [0.25, 0.3) is 11.3 Å². The van der Waals surface area contributed by atoms with Gasteiger partial charge in [-0.2, -0.15) is 0 Å². The molecule has 0 fully saturated rings. The van der Waals surface area contributed by atoms with E-state index in [1.807, 2.05) is 30.3 Å². The van der Waals surface area contributed by atoms with Crippen molar-refractivity contribution in [3.05, 3.63) is 69.9 Å². The van der Waals surface area contributed by atoms with Crippen molar-refractivity contribution in [2.75, 3.05) is 20.8 Å². The normalized spacial score (nSPS) is 10.4. The van der Waals surface area contributed by atoms with Crippen molar-refractivity contribution in [3.63, 3.8) is 0 Å². The molecule has 0 aliphatic carbocycles. The molecule has 6 heteroatoms. The lowest BCUT2D eigenvalue weighted by Gasteiger charge is -2.09. The van der Waals surface area contributed by atoms with Crippen molar-refractivity contribution in [3.8, 4) is 22.8 Å². The summed E-state index contributed by atoms with van der Waals surface area (Å²) >= 11 is 3.50. The second-order valence-electron chi connectivity index (χ2n) is 6.34. The molecule has 0 bridgehead atoms. The Morgan fingerprint density at radius 2 is 1.75 bits per heavy atom. The number of benzene rings is 2. The van der Waals surface area contributed by atoms with Crippen LogP contribution >= 0.6 is 28.3 Å². The van der Waals surface area contributed by atoms with Crippen LogP contribution in [0.3, 0.4) is 0 Å². The zero-order chi connectivity index (χ0) is 19.2. The second kappa shape index (κ2) is 10.6. The Morgan fingerprint density at radius 3 is 2.46 bits per heavy atom.